The summed E-state index contributed by atoms with van der Waals surface area (Å²) in [7, 11) is 1.48. The number of aryl methyl sites for hydroxylation is 1. The molecule has 2 aliphatic rings. The minimum absolute atomic E-state index is 0.00534. The minimum atomic E-state index is -0.812. The number of carbonyl (C=O) groups is 4. The van der Waals surface area contributed by atoms with Gasteiger partial charge in [0.15, 0.2) is 5.78 Å². The van der Waals surface area contributed by atoms with Crippen molar-refractivity contribution in [3.63, 3.8) is 0 Å². The fourth-order valence-corrected chi connectivity index (χ4v) is 7.12. The molecule has 0 unspecified atom stereocenters. The molecule has 2 aromatic carbocycles. The van der Waals surface area contributed by atoms with E-state index in [1.165, 1.54) is 7.11 Å². The van der Waals surface area contributed by atoms with Crippen molar-refractivity contribution >= 4 is 29.1 Å². The van der Waals surface area contributed by atoms with Crippen LogP contribution < -0.4 is 10.6 Å². The highest BCUT2D eigenvalue weighted by molar-refractivity contribution is 6.01. The van der Waals surface area contributed by atoms with E-state index in [9.17, 15) is 19.2 Å². The summed E-state index contributed by atoms with van der Waals surface area (Å²) in [5, 5.41) is 10.6. The van der Waals surface area contributed by atoms with E-state index < -0.39 is 29.5 Å². The number of oxime groups is 1. The highest BCUT2D eigenvalue weighted by atomic mass is 16.6. The number of hydrogen-bond acceptors (Lipinski definition) is 9. The zero-order valence-corrected chi connectivity index (χ0v) is 33.2. The second-order valence-electron chi connectivity index (χ2n) is 16.0. The van der Waals surface area contributed by atoms with Gasteiger partial charge in [0.25, 0.3) is 0 Å². The van der Waals surface area contributed by atoms with Crippen LogP contribution in [0.25, 0.3) is 0 Å². The van der Waals surface area contributed by atoms with Crippen molar-refractivity contribution in [1.82, 2.24) is 15.5 Å². The molecule has 2 heterocycles. The van der Waals surface area contributed by atoms with Crippen molar-refractivity contribution in [2.75, 3.05) is 46.6 Å². The Balaban J connectivity index is 1.54. The lowest BCUT2D eigenvalue weighted by Gasteiger charge is -2.28. The molecule has 2 fully saturated rings. The fraction of sp³-hybridized carbons (Fsp3) is 0.605. The number of epoxide rings is 1. The number of nitrogens with zero attached hydrogens (tertiary/aromatic N) is 2. The molecule has 2 N–H and O–H groups in total. The summed E-state index contributed by atoms with van der Waals surface area (Å²) >= 11 is 0. The summed E-state index contributed by atoms with van der Waals surface area (Å²) < 4.78 is 11.2. The maximum absolute atomic E-state index is 14.3. The van der Waals surface area contributed by atoms with Crippen molar-refractivity contribution in [3.05, 3.63) is 71.8 Å². The molecule has 0 bridgehead atoms. The molecule has 11 nitrogen and oxygen atoms in total. The van der Waals surface area contributed by atoms with Crippen molar-refractivity contribution < 1.29 is 33.5 Å². The predicted molar refractivity (Wildman–Crippen MR) is 210 cm³/mol. The Morgan fingerprint density at radius 2 is 1.37 bits per heavy atom. The Bertz CT molecular complexity index is 1520. The normalized spacial score (nSPS) is 19.8. The third-order valence-electron chi connectivity index (χ3n) is 10.2. The van der Waals surface area contributed by atoms with Gasteiger partial charge in [-0.05, 0) is 62.0 Å². The molecule has 0 spiro atoms. The molecule has 0 aromatic heterocycles. The summed E-state index contributed by atoms with van der Waals surface area (Å²) in [5.41, 5.74) is 2.00. The van der Waals surface area contributed by atoms with Gasteiger partial charge in [0.05, 0.1) is 38.4 Å². The summed E-state index contributed by atoms with van der Waals surface area (Å²) in [6.45, 7) is 13.4. The molecule has 54 heavy (non-hydrogen) atoms. The topological polar surface area (TPSA) is 139 Å². The molecule has 0 radical (unpaired) electrons. The van der Waals surface area contributed by atoms with Gasteiger partial charge >= 0.3 is 0 Å². The molecular formula is C43H62N4O7. The average molecular weight is 747 g/mol. The van der Waals surface area contributed by atoms with E-state index in [0.717, 1.165) is 11.1 Å². The van der Waals surface area contributed by atoms with Crippen LogP contribution >= 0.6 is 0 Å². The Labute approximate surface area is 321 Å². The van der Waals surface area contributed by atoms with Gasteiger partial charge in [0.2, 0.25) is 11.8 Å². The molecule has 2 amide bonds. The van der Waals surface area contributed by atoms with E-state index in [4.69, 9.17) is 14.3 Å². The minimum Gasteiger partial charge on any atom is -0.399 e. The number of rotatable bonds is 23. The van der Waals surface area contributed by atoms with Crippen LogP contribution in [0.15, 0.2) is 65.8 Å². The Hall–Kier alpha value is -3.93. The van der Waals surface area contributed by atoms with Gasteiger partial charge < -0.3 is 24.9 Å². The second kappa shape index (κ2) is 21.2. The predicted octanol–water partition coefficient (Wildman–Crippen LogP) is 5.20. The molecule has 0 saturated carbocycles. The first kappa shape index (κ1) is 42.8. The standard InChI is InChI=1S/C43H62N4O7/c1-30(2)23-37(44-41(50)34(18-17-32-13-9-7-10-14-32)26-36(48)28-47-19-21-53-22-20-47)39(49)27-35(25-33-15-11-8-12-16-33)42(51)45-38(24-31(3)4)40(46-52-6)43(5)29-54-43/h7-16,30-31,34-35,37-38H,17-29H2,1-6H3,(H,44,50)(H,45,51)/b46-40-/t34-,35-,37+,38+,43-/m1/s1. The first-order valence-electron chi connectivity index (χ1n) is 19.6. The van der Waals surface area contributed by atoms with E-state index in [0.29, 0.717) is 70.7 Å². The molecule has 0 aliphatic carbocycles. The van der Waals surface area contributed by atoms with Crippen LogP contribution in [-0.4, -0.2) is 98.2 Å². The van der Waals surface area contributed by atoms with Crippen molar-refractivity contribution in [2.24, 2.45) is 28.8 Å². The largest absolute Gasteiger partial charge is 0.399 e. The van der Waals surface area contributed by atoms with Crippen molar-refractivity contribution in [3.8, 4) is 0 Å². The van der Waals surface area contributed by atoms with Gasteiger partial charge in [-0.1, -0.05) is 93.5 Å². The smallest absolute Gasteiger partial charge is 0.224 e. The van der Waals surface area contributed by atoms with Gasteiger partial charge in [0.1, 0.15) is 24.2 Å². The highest BCUT2D eigenvalue weighted by Crippen LogP contribution is 2.31. The maximum atomic E-state index is 14.3. The number of carbonyl (C=O) groups excluding carboxylic acids is 4. The number of Topliss-reactive ketones (excluding diaryl/α,β-unsaturated/α-hetero) is 2. The van der Waals surface area contributed by atoms with E-state index in [-0.39, 0.29) is 54.6 Å². The third kappa shape index (κ3) is 14.0. The van der Waals surface area contributed by atoms with Crippen LogP contribution in [-0.2, 0) is 46.3 Å². The van der Waals surface area contributed by atoms with Gasteiger partial charge in [-0.2, -0.15) is 0 Å². The SMILES string of the molecule is CO/N=C(/[C@H](CC(C)C)NC(=O)[C@@H](CC(=O)[C@H](CC(C)C)NC(=O)[C@H](CCc1ccccc1)CC(=O)CN1CCOCC1)Cc1ccccc1)[C@@]1(C)CO1. The second-order valence-corrected chi connectivity index (χ2v) is 16.0. The zero-order chi connectivity index (χ0) is 39.1. The van der Waals surface area contributed by atoms with E-state index >= 15 is 0 Å². The fourth-order valence-electron chi connectivity index (χ4n) is 7.12. The molecule has 2 aliphatic heterocycles. The highest BCUT2D eigenvalue weighted by Gasteiger charge is 2.49. The molecule has 2 aromatic rings. The summed E-state index contributed by atoms with van der Waals surface area (Å²) in [5.74, 6) is -1.78. The lowest BCUT2D eigenvalue weighted by atomic mass is 9.87. The molecule has 296 valence electrons. The number of ether oxygens (including phenoxy) is 2. The maximum Gasteiger partial charge on any atom is 0.224 e. The number of hydrogen-bond donors (Lipinski definition) is 2. The van der Waals surface area contributed by atoms with Crippen LogP contribution in [0.5, 0.6) is 0 Å². The van der Waals surface area contributed by atoms with Crippen molar-refractivity contribution in [1.29, 1.82) is 0 Å². The average Bonchev–Trinajstić information content (AvgIpc) is 3.89. The molecule has 4 rings (SSSR count). The first-order chi connectivity index (χ1) is 25.9. The number of morpholine rings is 1. The Morgan fingerprint density at radius 3 is 1.94 bits per heavy atom. The van der Waals surface area contributed by atoms with Crippen molar-refractivity contribution in [2.45, 2.75) is 97.2 Å². The van der Waals surface area contributed by atoms with Gasteiger partial charge in [-0.25, -0.2) is 0 Å². The van der Waals surface area contributed by atoms with Gasteiger partial charge in [0, 0.05) is 37.8 Å². The number of benzene rings is 2. The third-order valence-corrected chi connectivity index (χ3v) is 10.2. The Kier molecular flexibility index (Phi) is 16.8. The van der Waals surface area contributed by atoms with E-state index in [1.807, 2.05) is 81.4 Å². The number of amides is 2. The first-order valence-corrected chi connectivity index (χ1v) is 19.6. The van der Waals surface area contributed by atoms with Crippen LogP contribution in [0.1, 0.15) is 77.8 Å². The summed E-state index contributed by atoms with van der Waals surface area (Å²) in [6, 6.07) is 18.3. The quantitative estimate of drug-likeness (QED) is 0.0900. The number of ketones is 2. The Morgan fingerprint density at radius 1 is 0.815 bits per heavy atom. The van der Waals surface area contributed by atoms with Gasteiger partial charge in [-0.3, -0.25) is 24.1 Å². The lowest BCUT2D eigenvalue weighted by Crippen LogP contribution is -2.50. The van der Waals surface area contributed by atoms with Crippen LogP contribution in [0.2, 0.25) is 0 Å². The zero-order valence-electron chi connectivity index (χ0n) is 33.2. The summed E-state index contributed by atoms with van der Waals surface area (Å²) in [6.07, 6.45) is 2.48. The van der Waals surface area contributed by atoms with E-state index in [2.05, 4.69) is 34.5 Å². The molecule has 2 saturated heterocycles. The van der Waals surface area contributed by atoms with Crippen LogP contribution in [0.3, 0.4) is 0 Å². The van der Waals surface area contributed by atoms with Crippen LogP contribution in [0.4, 0.5) is 0 Å². The van der Waals surface area contributed by atoms with Crippen LogP contribution in [0, 0.1) is 23.7 Å². The van der Waals surface area contributed by atoms with Gasteiger partial charge in [-0.15, -0.1) is 0 Å². The molecule has 11 heteroatoms. The number of nitrogens with one attached hydrogen (secondary N) is 2. The molecular weight excluding hydrogens is 684 g/mol. The lowest BCUT2D eigenvalue weighted by molar-refractivity contribution is -0.134. The molecule has 5 atom stereocenters. The monoisotopic (exact) mass is 746 g/mol. The summed E-state index contributed by atoms with van der Waals surface area (Å²) in [4.78, 5) is 63.3. The van der Waals surface area contributed by atoms with E-state index in [1.54, 1.807) is 0 Å².